The topological polar surface area (TPSA) is 85.2 Å². The van der Waals surface area contributed by atoms with Gasteiger partial charge in [-0.1, -0.05) is 53.7 Å². The fourth-order valence-electron chi connectivity index (χ4n) is 2.94. The van der Waals surface area contributed by atoms with Gasteiger partial charge in [-0.15, -0.1) is 0 Å². The molecule has 0 spiro atoms. The predicted molar refractivity (Wildman–Crippen MR) is 98.5 cm³/mol. The van der Waals surface area contributed by atoms with Gasteiger partial charge in [-0.05, 0) is 13.0 Å². The highest BCUT2D eigenvalue weighted by molar-refractivity contribution is 6.10. The second-order valence-electron chi connectivity index (χ2n) is 6.14. The summed E-state index contributed by atoms with van der Waals surface area (Å²) in [4.78, 5) is 28.8. The lowest BCUT2D eigenvalue weighted by atomic mass is 9.99. The number of carbonyl (C=O) groups is 2. The summed E-state index contributed by atoms with van der Waals surface area (Å²) in [5.41, 5.74) is 2.43. The van der Waals surface area contributed by atoms with E-state index in [1.807, 2.05) is 30.3 Å². The Labute approximate surface area is 154 Å². The number of aromatic nitrogens is 2. The normalized spacial score (nSPS) is 12.0. The summed E-state index contributed by atoms with van der Waals surface area (Å²) in [6, 6.07) is 17.8. The molecule has 6 heteroatoms. The van der Waals surface area contributed by atoms with Crippen molar-refractivity contribution >= 4 is 22.7 Å². The summed E-state index contributed by atoms with van der Waals surface area (Å²) in [6.07, 6.45) is 0.540. The quantitative estimate of drug-likeness (QED) is 0.425. The Morgan fingerprint density at radius 1 is 1.07 bits per heavy atom. The maximum absolute atomic E-state index is 13.2. The van der Waals surface area contributed by atoms with E-state index < -0.39 is 12.1 Å². The van der Waals surface area contributed by atoms with Crippen LogP contribution in [0.15, 0.2) is 71.4 Å². The van der Waals surface area contributed by atoms with Gasteiger partial charge >= 0.3 is 5.97 Å². The summed E-state index contributed by atoms with van der Waals surface area (Å²) < 4.78 is 10.5. The van der Waals surface area contributed by atoms with Gasteiger partial charge in [0.1, 0.15) is 0 Å². The highest BCUT2D eigenvalue weighted by atomic mass is 16.6. The second-order valence-corrected chi connectivity index (χ2v) is 6.14. The lowest BCUT2D eigenvalue weighted by Crippen LogP contribution is -2.20. The minimum atomic E-state index is -1.09. The Morgan fingerprint density at radius 2 is 1.81 bits per heavy atom. The van der Waals surface area contributed by atoms with E-state index in [0.717, 1.165) is 10.9 Å². The number of ketones is 1. The minimum Gasteiger partial charge on any atom is -0.443 e. The van der Waals surface area contributed by atoms with E-state index in [1.54, 1.807) is 37.4 Å². The number of fused-ring (bicyclic) bond motifs is 1. The van der Waals surface area contributed by atoms with Crippen LogP contribution in [-0.2, 0) is 4.74 Å². The number of nitrogens with zero attached hydrogens (tertiary/aromatic N) is 1. The summed E-state index contributed by atoms with van der Waals surface area (Å²) in [5.74, 6) is -1.10. The summed E-state index contributed by atoms with van der Waals surface area (Å²) >= 11 is 0. The van der Waals surface area contributed by atoms with Crippen molar-refractivity contribution in [2.45, 2.75) is 13.0 Å². The molecule has 1 N–H and O–H groups in total. The molecule has 0 radical (unpaired) electrons. The number of H-pyrrole nitrogens is 1. The molecule has 0 bridgehead atoms. The van der Waals surface area contributed by atoms with Gasteiger partial charge in [0.15, 0.2) is 6.10 Å². The van der Waals surface area contributed by atoms with E-state index in [2.05, 4.69) is 10.1 Å². The van der Waals surface area contributed by atoms with Crippen molar-refractivity contribution in [3.8, 4) is 0 Å². The number of nitrogens with one attached hydrogen (secondary N) is 1. The minimum absolute atomic E-state index is 0.0415. The first-order valence-corrected chi connectivity index (χ1v) is 8.43. The van der Waals surface area contributed by atoms with Crippen LogP contribution >= 0.6 is 0 Å². The molecule has 0 aliphatic heterocycles. The van der Waals surface area contributed by atoms with Gasteiger partial charge in [-0.2, -0.15) is 0 Å². The van der Waals surface area contributed by atoms with Crippen molar-refractivity contribution in [3.63, 3.8) is 0 Å². The van der Waals surface area contributed by atoms with Crippen molar-refractivity contribution < 1.29 is 18.8 Å². The van der Waals surface area contributed by atoms with E-state index >= 15 is 0 Å². The number of rotatable bonds is 5. The van der Waals surface area contributed by atoms with E-state index in [4.69, 9.17) is 9.26 Å². The molecule has 1 atom stereocenters. The first kappa shape index (κ1) is 16.8. The monoisotopic (exact) mass is 360 g/mol. The zero-order valence-corrected chi connectivity index (χ0v) is 14.5. The molecule has 4 aromatic rings. The summed E-state index contributed by atoms with van der Waals surface area (Å²) in [5, 5.41) is 4.46. The maximum atomic E-state index is 13.2. The summed E-state index contributed by atoms with van der Waals surface area (Å²) in [7, 11) is 0. The Bertz CT molecular complexity index is 1110. The van der Waals surface area contributed by atoms with E-state index in [-0.39, 0.29) is 11.5 Å². The van der Waals surface area contributed by atoms with Crippen LogP contribution in [0.3, 0.4) is 0 Å². The fourth-order valence-corrected chi connectivity index (χ4v) is 2.94. The number of para-hydroxylation sites is 1. The molecule has 0 fully saturated rings. The van der Waals surface area contributed by atoms with Gasteiger partial charge in [-0.3, -0.25) is 4.79 Å². The molecule has 4 rings (SSSR count). The molecule has 0 aliphatic rings. The van der Waals surface area contributed by atoms with E-state index in [0.29, 0.717) is 16.8 Å². The van der Waals surface area contributed by atoms with Gasteiger partial charge in [0, 0.05) is 34.3 Å². The highest BCUT2D eigenvalue weighted by Gasteiger charge is 2.29. The molecule has 0 amide bonds. The van der Waals surface area contributed by atoms with Crippen LogP contribution in [0.4, 0.5) is 0 Å². The fraction of sp³-hybridized carbons (Fsp3) is 0.0952. The molecule has 134 valence electrons. The molecule has 2 heterocycles. The molecule has 27 heavy (non-hydrogen) atoms. The third-order valence-corrected chi connectivity index (χ3v) is 4.25. The Hall–Kier alpha value is -3.67. The average Bonchev–Trinajstić information content (AvgIpc) is 3.32. The Balaban J connectivity index is 1.72. The van der Waals surface area contributed by atoms with Gasteiger partial charge < -0.3 is 14.2 Å². The van der Waals surface area contributed by atoms with Crippen LogP contribution < -0.4 is 0 Å². The smallest absolute Gasteiger partial charge is 0.378 e. The predicted octanol–water partition coefficient (Wildman–Crippen LogP) is 4.25. The van der Waals surface area contributed by atoms with Crippen molar-refractivity contribution in [1.29, 1.82) is 0 Å². The molecular formula is C21H16N2O4. The number of hydrogen-bond donors (Lipinski definition) is 1. The number of ether oxygens (including phenoxy) is 1. The molecule has 2 aromatic carbocycles. The van der Waals surface area contributed by atoms with Crippen LogP contribution in [0.2, 0.25) is 0 Å². The first-order valence-electron chi connectivity index (χ1n) is 8.43. The van der Waals surface area contributed by atoms with Gasteiger partial charge in [0.25, 0.3) is 0 Å². The number of hydrogen-bond acceptors (Lipinski definition) is 5. The third-order valence-electron chi connectivity index (χ3n) is 4.25. The Morgan fingerprint density at radius 3 is 2.56 bits per heavy atom. The summed E-state index contributed by atoms with van der Waals surface area (Å²) in [6.45, 7) is 1.70. The second kappa shape index (κ2) is 6.92. The van der Waals surface area contributed by atoms with Crippen molar-refractivity contribution in [1.82, 2.24) is 10.1 Å². The van der Waals surface area contributed by atoms with Crippen molar-refractivity contribution in [2.75, 3.05) is 0 Å². The van der Waals surface area contributed by atoms with Crippen LogP contribution in [0, 0.1) is 6.92 Å². The number of esters is 1. The van der Waals surface area contributed by atoms with Crippen LogP contribution in [0.1, 0.15) is 38.3 Å². The van der Waals surface area contributed by atoms with E-state index in [1.165, 1.54) is 6.07 Å². The maximum Gasteiger partial charge on any atom is 0.378 e. The SMILES string of the molecule is Cc1cc(C(=O)O[C@H](C(=O)c2c[nH]c3ccccc23)c2ccccc2)on1. The largest absolute Gasteiger partial charge is 0.443 e. The zero-order chi connectivity index (χ0) is 18.8. The number of carbonyl (C=O) groups excluding carboxylic acids is 2. The first-order chi connectivity index (χ1) is 13.1. The van der Waals surface area contributed by atoms with Crippen LogP contribution in [0.25, 0.3) is 10.9 Å². The van der Waals surface area contributed by atoms with Crippen molar-refractivity contribution in [3.05, 3.63) is 89.4 Å². The molecule has 0 saturated heterocycles. The number of Topliss-reactive ketones (excluding diaryl/α,β-unsaturated/α-hetero) is 1. The number of aromatic amines is 1. The van der Waals surface area contributed by atoms with Gasteiger partial charge in [0.05, 0.1) is 5.69 Å². The zero-order valence-electron chi connectivity index (χ0n) is 14.5. The number of aryl methyl sites for hydroxylation is 1. The molecule has 2 aromatic heterocycles. The Kier molecular flexibility index (Phi) is 4.30. The highest BCUT2D eigenvalue weighted by Crippen LogP contribution is 2.28. The molecular weight excluding hydrogens is 344 g/mol. The average molecular weight is 360 g/mol. The number of benzene rings is 2. The molecule has 0 aliphatic carbocycles. The third kappa shape index (κ3) is 3.25. The molecule has 0 unspecified atom stereocenters. The van der Waals surface area contributed by atoms with Gasteiger partial charge in [-0.25, -0.2) is 4.79 Å². The lowest BCUT2D eigenvalue weighted by Gasteiger charge is -2.16. The van der Waals surface area contributed by atoms with Crippen molar-refractivity contribution in [2.24, 2.45) is 0 Å². The molecule has 6 nitrogen and oxygen atoms in total. The van der Waals surface area contributed by atoms with Crippen LogP contribution in [-0.4, -0.2) is 21.9 Å². The van der Waals surface area contributed by atoms with Crippen LogP contribution in [0.5, 0.6) is 0 Å². The van der Waals surface area contributed by atoms with E-state index in [9.17, 15) is 9.59 Å². The van der Waals surface area contributed by atoms with Gasteiger partial charge in [0.2, 0.25) is 11.5 Å². The lowest BCUT2D eigenvalue weighted by molar-refractivity contribution is 0.0243. The molecule has 0 saturated carbocycles. The standard InChI is InChI=1S/C21H16N2O4/c1-13-11-18(27-23-13)21(25)26-20(14-7-3-2-4-8-14)19(24)16-12-22-17-10-6-5-9-15(16)17/h2-12,20,22H,1H3/t20-/m0/s1.